The van der Waals surface area contributed by atoms with Crippen LogP contribution in [0.25, 0.3) is 0 Å². The molecule has 1 aromatic heterocycles. The number of nitrogens with zero attached hydrogens (tertiary/aromatic N) is 3. The van der Waals surface area contributed by atoms with Gasteiger partial charge in [0.1, 0.15) is 17.7 Å². The Balaban J connectivity index is 1.53. The molecule has 182 valence electrons. The molecule has 3 rings (SSSR count). The number of benzene rings is 1. The summed E-state index contributed by atoms with van der Waals surface area (Å²) in [6, 6.07) is 7.70. The van der Waals surface area contributed by atoms with Crippen LogP contribution in [0.3, 0.4) is 0 Å². The van der Waals surface area contributed by atoms with Gasteiger partial charge in [0, 0.05) is 50.7 Å². The molecule has 2 heterocycles. The third-order valence-electron chi connectivity index (χ3n) is 6.33. The van der Waals surface area contributed by atoms with Crippen LogP contribution < -0.4 is 10.6 Å². The van der Waals surface area contributed by atoms with E-state index in [9.17, 15) is 19.2 Å². The van der Waals surface area contributed by atoms with Crippen LogP contribution in [-0.2, 0) is 16.1 Å². The number of carbonyl (C=O) groups excluding carboxylic acids is 2. The van der Waals surface area contributed by atoms with Crippen LogP contribution in [0.4, 0.5) is 10.2 Å². The van der Waals surface area contributed by atoms with Crippen molar-refractivity contribution in [1.82, 2.24) is 14.8 Å². The first-order valence-corrected chi connectivity index (χ1v) is 11.5. The predicted octanol–water partition coefficient (Wildman–Crippen LogP) is 2.99. The summed E-state index contributed by atoms with van der Waals surface area (Å²) in [7, 11) is 1.65. The smallest absolute Gasteiger partial charge is 0.251 e. The lowest BCUT2D eigenvalue weighted by molar-refractivity contribution is -0.117. The fraction of sp³-hybridized carbons (Fsp3) is 0.480. The Kier molecular flexibility index (Phi) is 8.79. The summed E-state index contributed by atoms with van der Waals surface area (Å²) in [5, 5.41) is 15.6. The van der Waals surface area contributed by atoms with Crippen LogP contribution in [0, 0.1) is 31.0 Å². The molecule has 1 aromatic carbocycles. The molecule has 0 aliphatic carbocycles. The van der Waals surface area contributed by atoms with E-state index in [0.29, 0.717) is 43.2 Å². The second-order valence-corrected chi connectivity index (χ2v) is 8.62. The van der Waals surface area contributed by atoms with Gasteiger partial charge in [-0.25, -0.2) is 4.39 Å². The zero-order valence-electron chi connectivity index (χ0n) is 20.0. The van der Waals surface area contributed by atoms with Crippen LogP contribution in [-0.4, -0.2) is 60.7 Å². The first-order chi connectivity index (χ1) is 16.3. The van der Waals surface area contributed by atoms with E-state index >= 15 is 0 Å². The molecule has 0 radical (unpaired) electrons. The van der Waals surface area contributed by atoms with Gasteiger partial charge in [0.15, 0.2) is 0 Å². The molecular weight excluding hydrogens is 437 g/mol. The number of piperidine rings is 1. The monoisotopic (exact) mass is 469 g/mol. The molecule has 0 atom stereocenters. The third kappa shape index (κ3) is 6.22. The number of methoxy groups -OCH3 is 1. The van der Waals surface area contributed by atoms with E-state index in [4.69, 9.17) is 4.74 Å². The SMILES string of the molecule is COCCCn1c(C)c(C)c(C#N)c1NC(=O)CN1CCC(NC(=O)c2ccc(F)cc2)CC1. The minimum atomic E-state index is -0.377. The predicted molar refractivity (Wildman–Crippen MR) is 127 cm³/mol. The van der Waals surface area contributed by atoms with E-state index < -0.39 is 0 Å². The molecule has 2 N–H and O–H groups in total. The van der Waals surface area contributed by atoms with Gasteiger partial charge in [0.25, 0.3) is 5.91 Å². The van der Waals surface area contributed by atoms with Gasteiger partial charge in [0.05, 0.1) is 12.1 Å². The van der Waals surface area contributed by atoms with Crippen molar-refractivity contribution >= 4 is 17.6 Å². The second kappa shape index (κ2) is 11.8. The van der Waals surface area contributed by atoms with Gasteiger partial charge in [-0.05, 0) is 62.9 Å². The molecule has 1 fully saturated rings. The quantitative estimate of drug-likeness (QED) is 0.550. The highest BCUT2D eigenvalue weighted by Gasteiger charge is 2.24. The van der Waals surface area contributed by atoms with E-state index in [-0.39, 0.29) is 30.2 Å². The molecule has 0 bridgehead atoms. The van der Waals surface area contributed by atoms with Crippen LogP contribution in [0.2, 0.25) is 0 Å². The van der Waals surface area contributed by atoms with E-state index in [2.05, 4.69) is 16.7 Å². The molecule has 8 nitrogen and oxygen atoms in total. The van der Waals surface area contributed by atoms with Crippen molar-refractivity contribution in [3.8, 4) is 6.07 Å². The maximum atomic E-state index is 13.1. The molecule has 2 aromatic rings. The van der Waals surface area contributed by atoms with E-state index in [0.717, 1.165) is 30.5 Å². The molecule has 34 heavy (non-hydrogen) atoms. The maximum absolute atomic E-state index is 13.1. The fourth-order valence-electron chi connectivity index (χ4n) is 4.26. The van der Waals surface area contributed by atoms with Crippen LogP contribution in [0.15, 0.2) is 24.3 Å². The summed E-state index contributed by atoms with van der Waals surface area (Å²) in [6.45, 7) is 6.63. The number of hydrogen-bond acceptors (Lipinski definition) is 5. The number of nitrogens with one attached hydrogen (secondary N) is 2. The van der Waals surface area contributed by atoms with Crippen molar-refractivity contribution in [1.29, 1.82) is 5.26 Å². The fourth-order valence-corrected chi connectivity index (χ4v) is 4.26. The second-order valence-electron chi connectivity index (χ2n) is 8.62. The number of amides is 2. The van der Waals surface area contributed by atoms with Gasteiger partial charge in [-0.15, -0.1) is 0 Å². The number of aromatic nitrogens is 1. The number of hydrogen-bond donors (Lipinski definition) is 2. The molecule has 0 saturated carbocycles. The largest absolute Gasteiger partial charge is 0.385 e. The van der Waals surface area contributed by atoms with Crippen molar-refractivity contribution < 1.29 is 18.7 Å². The first-order valence-electron chi connectivity index (χ1n) is 11.5. The molecule has 1 saturated heterocycles. The number of likely N-dealkylation sites (tertiary alicyclic amines) is 1. The van der Waals surface area contributed by atoms with Gasteiger partial charge in [-0.1, -0.05) is 0 Å². The minimum Gasteiger partial charge on any atom is -0.385 e. The Morgan fingerprint density at radius 3 is 2.50 bits per heavy atom. The van der Waals surface area contributed by atoms with Gasteiger partial charge in [-0.2, -0.15) is 5.26 Å². The number of rotatable bonds is 9. The average molecular weight is 470 g/mol. The molecule has 0 spiro atoms. The Labute approximate surface area is 199 Å². The highest BCUT2D eigenvalue weighted by Crippen LogP contribution is 2.26. The van der Waals surface area contributed by atoms with Gasteiger partial charge < -0.3 is 19.9 Å². The van der Waals surface area contributed by atoms with E-state index in [1.807, 2.05) is 23.3 Å². The summed E-state index contributed by atoms with van der Waals surface area (Å²) in [4.78, 5) is 27.2. The molecule has 9 heteroatoms. The Bertz CT molecular complexity index is 1050. The highest BCUT2D eigenvalue weighted by molar-refractivity contribution is 5.94. The van der Waals surface area contributed by atoms with Crippen LogP contribution in [0.1, 0.15) is 46.4 Å². The number of halogens is 1. The van der Waals surface area contributed by atoms with Crippen LogP contribution in [0.5, 0.6) is 0 Å². The number of ether oxygens (including phenoxy) is 1. The molecule has 0 unspecified atom stereocenters. The minimum absolute atomic E-state index is 0.00497. The molecular formula is C25H32FN5O3. The molecule has 1 aliphatic rings. The molecule has 1 aliphatic heterocycles. The standard InChI is InChI=1S/C25H32FN5O3/c1-17-18(2)31(11-4-14-34-3)24(22(17)15-27)29-23(32)16-30-12-9-21(10-13-30)28-25(33)19-5-7-20(26)8-6-19/h5-8,21H,4,9-14,16H2,1-3H3,(H,28,33)(H,29,32). The number of nitriles is 1. The lowest BCUT2D eigenvalue weighted by atomic mass is 10.0. The highest BCUT2D eigenvalue weighted by atomic mass is 19.1. The van der Waals surface area contributed by atoms with Crippen LogP contribution >= 0.6 is 0 Å². The zero-order chi connectivity index (χ0) is 24.7. The Morgan fingerprint density at radius 1 is 1.21 bits per heavy atom. The summed E-state index contributed by atoms with van der Waals surface area (Å²) < 4.78 is 20.2. The van der Waals surface area contributed by atoms with Crippen molar-refractivity contribution in [3.63, 3.8) is 0 Å². The summed E-state index contributed by atoms with van der Waals surface area (Å²) in [5.74, 6) is -0.228. The van der Waals surface area contributed by atoms with Crippen molar-refractivity contribution in [2.75, 3.05) is 38.7 Å². The zero-order valence-corrected chi connectivity index (χ0v) is 20.0. The first kappa shape index (κ1) is 25.4. The van der Waals surface area contributed by atoms with Gasteiger partial charge in [-0.3, -0.25) is 14.5 Å². The summed E-state index contributed by atoms with van der Waals surface area (Å²) >= 11 is 0. The van der Waals surface area contributed by atoms with Crippen molar-refractivity contribution in [2.45, 2.75) is 45.7 Å². The lowest BCUT2D eigenvalue weighted by Gasteiger charge is -2.31. The number of anilines is 1. The molecule has 2 amide bonds. The Morgan fingerprint density at radius 2 is 1.88 bits per heavy atom. The maximum Gasteiger partial charge on any atom is 0.251 e. The average Bonchev–Trinajstić information content (AvgIpc) is 3.04. The van der Waals surface area contributed by atoms with E-state index in [1.54, 1.807) is 7.11 Å². The van der Waals surface area contributed by atoms with Gasteiger partial charge in [0.2, 0.25) is 5.91 Å². The van der Waals surface area contributed by atoms with Gasteiger partial charge >= 0.3 is 0 Å². The van der Waals surface area contributed by atoms with Crippen molar-refractivity contribution in [3.05, 3.63) is 52.5 Å². The van der Waals surface area contributed by atoms with Crippen molar-refractivity contribution in [2.24, 2.45) is 0 Å². The topological polar surface area (TPSA) is 99.4 Å². The number of carbonyl (C=O) groups is 2. The lowest BCUT2D eigenvalue weighted by Crippen LogP contribution is -2.46. The van der Waals surface area contributed by atoms with E-state index in [1.165, 1.54) is 24.3 Å². The summed E-state index contributed by atoms with van der Waals surface area (Å²) in [5.41, 5.74) is 2.75. The third-order valence-corrected chi connectivity index (χ3v) is 6.33. The normalized spacial score (nSPS) is 14.6. The Hall–Kier alpha value is -3.22. The summed E-state index contributed by atoms with van der Waals surface area (Å²) in [6.07, 6.45) is 2.21.